The van der Waals surface area contributed by atoms with Crippen molar-refractivity contribution in [3.8, 4) is 5.75 Å². The molecule has 1 amide bonds. The number of rotatable bonds is 5. The molecule has 0 aliphatic carbocycles. The molecular weight excluding hydrogens is 290 g/mol. The van der Waals surface area contributed by atoms with E-state index >= 15 is 0 Å². The maximum atomic E-state index is 11.4. The predicted molar refractivity (Wildman–Crippen MR) is 83.7 cm³/mol. The number of methoxy groups -OCH3 is 1. The van der Waals surface area contributed by atoms with Crippen LogP contribution in [0, 0.1) is 0 Å². The Morgan fingerprint density at radius 2 is 2.19 bits per heavy atom. The lowest BCUT2D eigenvalue weighted by molar-refractivity contribution is -0.119. The number of carbonyl (C=O) groups is 1. The fourth-order valence-corrected chi connectivity index (χ4v) is 2.81. The van der Waals surface area contributed by atoms with Crippen LogP contribution in [0.4, 0.5) is 0 Å². The second-order valence-corrected chi connectivity index (χ2v) is 6.36. The van der Waals surface area contributed by atoms with Crippen LogP contribution in [0.5, 0.6) is 5.75 Å². The van der Waals surface area contributed by atoms with Crippen molar-refractivity contribution in [2.75, 3.05) is 7.11 Å². The standard InChI is InChI=1S/C15H20ClN3O2/c1-9(16)14-18-13-10(6-5-7-11(13)21-4)19(14)15(2,3)8-12(17)20/h5-7,9H,8H2,1-4H3,(H2,17,20). The van der Waals surface area contributed by atoms with Gasteiger partial charge in [0, 0.05) is 12.0 Å². The average molecular weight is 310 g/mol. The van der Waals surface area contributed by atoms with Crippen LogP contribution >= 0.6 is 11.6 Å². The maximum Gasteiger partial charge on any atom is 0.219 e. The Bertz CT molecular complexity index is 677. The van der Waals surface area contributed by atoms with E-state index in [0.29, 0.717) is 11.6 Å². The molecule has 1 unspecified atom stereocenters. The second-order valence-electron chi connectivity index (χ2n) is 5.70. The van der Waals surface area contributed by atoms with E-state index in [9.17, 15) is 4.79 Å². The molecule has 21 heavy (non-hydrogen) atoms. The van der Waals surface area contributed by atoms with E-state index in [1.807, 2.05) is 43.5 Å². The van der Waals surface area contributed by atoms with Gasteiger partial charge in [-0.2, -0.15) is 0 Å². The largest absolute Gasteiger partial charge is 0.494 e. The monoisotopic (exact) mass is 309 g/mol. The number of benzene rings is 1. The molecular formula is C15H20ClN3O2. The van der Waals surface area contributed by atoms with Gasteiger partial charge in [-0.15, -0.1) is 11.6 Å². The highest BCUT2D eigenvalue weighted by Gasteiger charge is 2.30. The second kappa shape index (κ2) is 5.56. The van der Waals surface area contributed by atoms with Gasteiger partial charge < -0.3 is 15.0 Å². The van der Waals surface area contributed by atoms with Crippen LogP contribution < -0.4 is 10.5 Å². The number of hydrogen-bond donors (Lipinski definition) is 1. The fourth-order valence-electron chi connectivity index (χ4n) is 2.66. The molecule has 0 aliphatic heterocycles. The van der Waals surface area contributed by atoms with Crippen molar-refractivity contribution >= 4 is 28.5 Å². The van der Waals surface area contributed by atoms with Gasteiger partial charge in [0.05, 0.1) is 18.0 Å². The van der Waals surface area contributed by atoms with Gasteiger partial charge in [0.1, 0.15) is 17.1 Å². The number of aromatic nitrogens is 2. The molecule has 1 heterocycles. The number of nitrogens with zero attached hydrogens (tertiary/aromatic N) is 2. The summed E-state index contributed by atoms with van der Waals surface area (Å²) < 4.78 is 7.34. The zero-order valence-electron chi connectivity index (χ0n) is 12.7. The fraction of sp³-hybridized carbons (Fsp3) is 0.467. The van der Waals surface area contributed by atoms with Gasteiger partial charge >= 0.3 is 0 Å². The van der Waals surface area contributed by atoms with Gasteiger partial charge in [0.2, 0.25) is 5.91 Å². The Balaban J connectivity index is 2.76. The number of para-hydroxylation sites is 1. The molecule has 0 saturated carbocycles. The molecule has 1 atom stereocenters. The summed E-state index contributed by atoms with van der Waals surface area (Å²) in [6, 6.07) is 5.68. The summed E-state index contributed by atoms with van der Waals surface area (Å²) in [7, 11) is 1.60. The van der Waals surface area contributed by atoms with Crippen LogP contribution in [0.2, 0.25) is 0 Å². The molecule has 2 aromatic rings. The molecule has 0 aliphatic rings. The smallest absolute Gasteiger partial charge is 0.219 e. The molecule has 0 bridgehead atoms. The Hall–Kier alpha value is -1.75. The number of imidazole rings is 1. The van der Waals surface area contributed by atoms with Gasteiger partial charge in [-0.1, -0.05) is 6.07 Å². The van der Waals surface area contributed by atoms with Crippen LogP contribution in [0.3, 0.4) is 0 Å². The summed E-state index contributed by atoms with van der Waals surface area (Å²) in [6.07, 6.45) is 0.201. The average Bonchev–Trinajstić information content (AvgIpc) is 2.77. The van der Waals surface area contributed by atoms with Crippen molar-refractivity contribution < 1.29 is 9.53 Å². The molecule has 2 rings (SSSR count). The molecule has 0 fully saturated rings. The normalized spacial score (nSPS) is 13.4. The van der Waals surface area contributed by atoms with Crippen molar-refractivity contribution in [2.45, 2.75) is 38.1 Å². The van der Waals surface area contributed by atoms with Crippen LogP contribution in [0.15, 0.2) is 18.2 Å². The number of ether oxygens (including phenoxy) is 1. The van der Waals surface area contributed by atoms with E-state index in [1.165, 1.54) is 0 Å². The van der Waals surface area contributed by atoms with Crippen molar-refractivity contribution in [1.82, 2.24) is 9.55 Å². The zero-order chi connectivity index (χ0) is 15.8. The lowest BCUT2D eigenvalue weighted by atomic mass is 9.99. The Labute approximate surface area is 129 Å². The van der Waals surface area contributed by atoms with Crippen LogP contribution in [0.1, 0.15) is 38.4 Å². The van der Waals surface area contributed by atoms with Gasteiger partial charge in [0.15, 0.2) is 0 Å². The number of nitrogens with two attached hydrogens (primary N) is 1. The SMILES string of the molecule is COc1cccc2c1nc(C(C)Cl)n2C(C)(C)CC(N)=O. The molecule has 0 saturated heterocycles. The molecule has 5 nitrogen and oxygen atoms in total. The third-order valence-electron chi connectivity index (χ3n) is 3.46. The van der Waals surface area contributed by atoms with Gasteiger partial charge in [-0.25, -0.2) is 4.98 Å². The Morgan fingerprint density at radius 1 is 1.52 bits per heavy atom. The first kappa shape index (κ1) is 15.6. The lowest BCUT2D eigenvalue weighted by Crippen LogP contribution is -2.33. The number of carbonyl (C=O) groups excluding carboxylic acids is 1. The lowest BCUT2D eigenvalue weighted by Gasteiger charge is -2.29. The van der Waals surface area contributed by atoms with Crippen molar-refractivity contribution in [3.05, 3.63) is 24.0 Å². The number of halogens is 1. The van der Waals surface area contributed by atoms with Crippen molar-refractivity contribution in [1.29, 1.82) is 0 Å². The number of primary amides is 1. The highest BCUT2D eigenvalue weighted by atomic mass is 35.5. The first-order valence-electron chi connectivity index (χ1n) is 6.76. The van der Waals surface area contributed by atoms with Crippen molar-refractivity contribution in [2.24, 2.45) is 5.73 Å². The molecule has 1 aromatic carbocycles. The highest BCUT2D eigenvalue weighted by Crippen LogP contribution is 2.35. The Morgan fingerprint density at radius 3 is 2.71 bits per heavy atom. The van der Waals surface area contributed by atoms with Crippen LogP contribution in [-0.4, -0.2) is 22.6 Å². The Kier molecular flexibility index (Phi) is 4.14. The van der Waals surface area contributed by atoms with Gasteiger partial charge in [-0.3, -0.25) is 4.79 Å². The predicted octanol–water partition coefficient (Wildman–Crippen LogP) is 2.96. The highest BCUT2D eigenvalue weighted by molar-refractivity contribution is 6.20. The van der Waals surface area contributed by atoms with Crippen LogP contribution in [-0.2, 0) is 10.3 Å². The molecule has 2 N–H and O–H groups in total. The summed E-state index contributed by atoms with van der Waals surface area (Å²) in [5.74, 6) is 1.01. The van der Waals surface area contributed by atoms with E-state index in [1.54, 1.807) is 7.11 Å². The number of alkyl halides is 1. The number of hydrogen-bond acceptors (Lipinski definition) is 3. The quantitative estimate of drug-likeness (QED) is 0.863. The van der Waals surface area contributed by atoms with Gasteiger partial charge in [-0.05, 0) is 32.9 Å². The minimum Gasteiger partial charge on any atom is -0.494 e. The third kappa shape index (κ3) is 2.83. The van der Waals surface area contributed by atoms with E-state index in [0.717, 1.165) is 11.0 Å². The van der Waals surface area contributed by atoms with Crippen LogP contribution in [0.25, 0.3) is 11.0 Å². The number of amides is 1. The van der Waals surface area contributed by atoms with E-state index in [4.69, 9.17) is 22.1 Å². The molecule has 114 valence electrons. The molecule has 1 aromatic heterocycles. The summed E-state index contributed by atoms with van der Waals surface area (Å²) >= 11 is 6.28. The summed E-state index contributed by atoms with van der Waals surface area (Å²) in [5, 5.41) is -0.297. The summed E-state index contributed by atoms with van der Waals surface area (Å²) in [5.41, 5.74) is 6.47. The van der Waals surface area contributed by atoms with E-state index < -0.39 is 5.54 Å². The minimum atomic E-state index is -0.522. The van der Waals surface area contributed by atoms with Crippen molar-refractivity contribution in [3.63, 3.8) is 0 Å². The molecule has 6 heteroatoms. The number of fused-ring (bicyclic) bond motifs is 1. The molecule has 0 radical (unpaired) electrons. The zero-order valence-corrected chi connectivity index (χ0v) is 13.4. The molecule has 0 spiro atoms. The van der Waals surface area contributed by atoms with E-state index in [-0.39, 0.29) is 17.7 Å². The summed E-state index contributed by atoms with van der Waals surface area (Å²) in [4.78, 5) is 16.0. The first-order valence-corrected chi connectivity index (χ1v) is 7.20. The topological polar surface area (TPSA) is 70.1 Å². The first-order chi connectivity index (χ1) is 9.77. The summed E-state index contributed by atoms with van der Waals surface area (Å²) in [6.45, 7) is 5.74. The maximum absolute atomic E-state index is 11.4. The van der Waals surface area contributed by atoms with E-state index in [2.05, 4.69) is 4.98 Å². The minimum absolute atomic E-state index is 0.201. The third-order valence-corrected chi connectivity index (χ3v) is 3.66. The van der Waals surface area contributed by atoms with Gasteiger partial charge in [0.25, 0.3) is 0 Å².